The lowest BCUT2D eigenvalue weighted by atomic mass is 10.1. The Balaban J connectivity index is 2.03. The number of aromatic hydroxyl groups is 1. The van der Waals surface area contributed by atoms with Gasteiger partial charge in [-0.1, -0.05) is 18.2 Å². The molecule has 0 aliphatic rings. The number of rotatable bonds is 4. The molecule has 94 valence electrons. The van der Waals surface area contributed by atoms with Gasteiger partial charge in [0, 0.05) is 18.8 Å². The molecule has 18 heavy (non-hydrogen) atoms. The topological polar surface area (TPSA) is 36.4 Å². The molecule has 0 bridgehead atoms. The summed E-state index contributed by atoms with van der Waals surface area (Å²) < 4.78 is 0. The van der Waals surface area contributed by atoms with E-state index in [0.717, 1.165) is 12.2 Å². The van der Waals surface area contributed by atoms with Crippen LogP contribution in [-0.2, 0) is 6.54 Å². The molecule has 1 N–H and O–H groups in total. The number of hydrogen-bond acceptors (Lipinski definition) is 3. The lowest BCUT2D eigenvalue weighted by Gasteiger charge is -2.24. The molecular weight excluding hydrogens is 224 g/mol. The van der Waals surface area contributed by atoms with Crippen LogP contribution in [-0.4, -0.2) is 22.0 Å². The Hall–Kier alpha value is -1.87. The fourth-order valence-electron chi connectivity index (χ4n) is 1.88. The molecule has 3 nitrogen and oxygen atoms in total. The Morgan fingerprint density at radius 2 is 1.89 bits per heavy atom. The molecule has 0 aliphatic heterocycles. The Morgan fingerprint density at radius 1 is 1.17 bits per heavy atom. The van der Waals surface area contributed by atoms with E-state index < -0.39 is 0 Å². The van der Waals surface area contributed by atoms with Crippen LogP contribution in [0.4, 0.5) is 0 Å². The second-order valence-electron chi connectivity index (χ2n) is 4.51. The maximum atomic E-state index is 9.25. The van der Waals surface area contributed by atoms with Crippen molar-refractivity contribution >= 4 is 0 Å². The molecule has 0 amide bonds. The molecule has 1 aromatic heterocycles. The summed E-state index contributed by atoms with van der Waals surface area (Å²) in [5, 5.41) is 9.25. The molecule has 1 heterocycles. The molecule has 0 unspecified atom stereocenters. The molecule has 2 rings (SSSR count). The van der Waals surface area contributed by atoms with E-state index in [2.05, 4.69) is 23.9 Å². The van der Waals surface area contributed by atoms with Gasteiger partial charge in [0.25, 0.3) is 0 Å². The number of pyridine rings is 1. The van der Waals surface area contributed by atoms with Crippen LogP contribution < -0.4 is 0 Å². The van der Waals surface area contributed by atoms with Crippen molar-refractivity contribution in [3.8, 4) is 5.75 Å². The van der Waals surface area contributed by atoms with Gasteiger partial charge in [0.05, 0.1) is 5.69 Å². The van der Waals surface area contributed by atoms with Gasteiger partial charge in [-0.25, -0.2) is 0 Å². The average Bonchev–Trinajstić information content (AvgIpc) is 2.41. The van der Waals surface area contributed by atoms with Crippen LogP contribution in [0.3, 0.4) is 0 Å². The summed E-state index contributed by atoms with van der Waals surface area (Å²) in [4.78, 5) is 6.60. The van der Waals surface area contributed by atoms with E-state index in [1.54, 1.807) is 12.1 Å². The Labute approximate surface area is 108 Å². The third-order valence-corrected chi connectivity index (χ3v) is 3.15. The van der Waals surface area contributed by atoms with Crippen LogP contribution >= 0.6 is 0 Å². The monoisotopic (exact) mass is 242 g/mol. The van der Waals surface area contributed by atoms with Crippen molar-refractivity contribution in [1.29, 1.82) is 0 Å². The van der Waals surface area contributed by atoms with Crippen molar-refractivity contribution in [3.63, 3.8) is 0 Å². The van der Waals surface area contributed by atoms with Crippen LogP contribution in [0, 0.1) is 0 Å². The largest absolute Gasteiger partial charge is 0.508 e. The van der Waals surface area contributed by atoms with Crippen LogP contribution in [0.15, 0.2) is 48.7 Å². The van der Waals surface area contributed by atoms with E-state index >= 15 is 0 Å². The van der Waals surface area contributed by atoms with Gasteiger partial charge in [-0.2, -0.15) is 0 Å². The fourth-order valence-corrected chi connectivity index (χ4v) is 1.88. The molecule has 1 atom stereocenters. The normalized spacial score (nSPS) is 12.6. The summed E-state index contributed by atoms with van der Waals surface area (Å²) in [6, 6.07) is 13.6. The minimum atomic E-state index is 0.264. The summed E-state index contributed by atoms with van der Waals surface area (Å²) in [5.41, 5.74) is 2.25. The van der Waals surface area contributed by atoms with Gasteiger partial charge < -0.3 is 5.11 Å². The van der Waals surface area contributed by atoms with Crippen molar-refractivity contribution in [1.82, 2.24) is 9.88 Å². The Bertz CT molecular complexity index is 482. The minimum absolute atomic E-state index is 0.264. The third-order valence-electron chi connectivity index (χ3n) is 3.15. The highest BCUT2D eigenvalue weighted by atomic mass is 16.3. The molecule has 3 heteroatoms. The molecule has 0 saturated carbocycles. The summed E-state index contributed by atoms with van der Waals surface area (Å²) >= 11 is 0. The van der Waals surface area contributed by atoms with Crippen LogP contribution in [0.5, 0.6) is 5.75 Å². The zero-order valence-corrected chi connectivity index (χ0v) is 10.7. The highest BCUT2D eigenvalue weighted by molar-refractivity contribution is 5.25. The SMILES string of the molecule is C[C@H](c1ccccn1)N(C)Cc1ccc(O)cc1. The smallest absolute Gasteiger partial charge is 0.115 e. The zero-order chi connectivity index (χ0) is 13.0. The van der Waals surface area contributed by atoms with E-state index in [0.29, 0.717) is 5.75 Å². The number of phenolic OH excluding ortho intramolecular Hbond substituents is 1. The Kier molecular flexibility index (Phi) is 3.95. The fraction of sp³-hybridized carbons (Fsp3) is 0.267. The highest BCUT2D eigenvalue weighted by Gasteiger charge is 2.12. The molecular formula is C15H18N2O. The van der Waals surface area contributed by atoms with Gasteiger partial charge >= 0.3 is 0 Å². The van der Waals surface area contributed by atoms with Crippen molar-refractivity contribution in [2.75, 3.05) is 7.05 Å². The second-order valence-corrected chi connectivity index (χ2v) is 4.51. The lowest BCUT2D eigenvalue weighted by Crippen LogP contribution is -2.22. The van der Waals surface area contributed by atoms with E-state index in [1.165, 1.54) is 5.56 Å². The first-order chi connectivity index (χ1) is 8.66. The van der Waals surface area contributed by atoms with Gasteiger partial charge in [-0.3, -0.25) is 9.88 Å². The molecule has 0 saturated heterocycles. The van der Waals surface area contributed by atoms with E-state index in [4.69, 9.17) is 0 Å². The molecule has 2 aromatic rings. The molecule has 0 aliphatic carbocycles. The van der Waals surface area contributed by atoms with Crippen molar-refractivity contribution in [2.24, 2.45) is 0 Å². The summed E-state index contributed by atoms with van der Waals surface area (Å²) in [5.74, 6) is 0.305. The maximum Gasteiger partial charge on any atom is 0.115 e. The zero-order valence-electron chi connectivity index (χ0n) is 10.7. The number of benzene rings is 1. The summed E-state index contributed by atoms with van der Waals surface area (Å²) in [6.07, 6.45) is 1.82. The van der Waals surface area contributed by atoms with E-state index in [1.807, 2.05) is 36.5 Å². The number of phenols is 1. The van der Waals surface area contributed by atoms with Crippen LogP contribution in [0.1, 0.15) is 24.2 Å². The maximum absolute atomic E-state index is 9.25. The predicted molar refractivity (Wildman–Crippen MR) is 72.2 cm³/mol. The third kappa shape index (κ3) is 3.08. The predicted octanol–water partition coefficient (Wildman–Crippen LogP) is 2.98. The van der Waals surface area contributed by atoms with Gasteiger partial charge in [0.1, 0.15) is 5.75 Å². The lowest BCUT2D eigenvalue weighted by molar-refractivity contribution is 0.248. The van der Waals surface area contributed by atoms with Gasteiger partial charge in [0.2, 0.25) is 0 Å². The van der Waals surface area contributed by atoms with E-state index in [-0.39, 0.29) is 6.04 Å². The first kappa shape index (κ1) is 12.6. The van der Waals surface area contributed by atoms with Gasteiger partial charge in [-0.15, -0.1) is 0 Å². The Morgan fingerprint density at radius 3 is 2.50 bits per heavy atom. The quantitative estimate of drug-likeness (QED) is 0.895. The molecule has 0 radical (unpaired) electrons. The summed E-state index contributed by atoms with van der Waals surface area (Å²) in [7, 11) is 2.08. The number of hydrogen-bond donors (Lipinski definition) is 1. The van der Waals surface area contributed by atoms with Crippen molar-refractivity contribution in [3.05, 3.63) is 59.9 Å². The van der Waals surface area contributed by atoms with Gasteiger partial charge in [0.15, 0.2) is 0 Å². The van der Waals surface area contributed by atoms with E-state index in [9.17, 15) is 5.11 Å². The van der Waals surface area contributed by atoms with Crippen molar-refractivity contribution in [2.45, 2.75) is 19.5 Å². The van der Waals surface area contributed by atoms with Gasteiger partial charge in [-0.05, 0) is 43.8 Å². The highest BCUT2D eigenvalue weighted by Crippen LogP contribution is 2.19. The number of aromatic nitrogens is 1. The van der Waals surface area contributed by atoms with Crippen LogP contribution in [0.25, 0.3) is 0 Å². The van der Waals surface area contributed by atoms with Crippen LogP contribution in [0.2, 0.25) is 0 Å². The summed E-state index contributed by atoms with van der Waals surface area (Å²) in [6.45, 7) is 2.97. The molecule has 1 aromatic carbocycles. The first-order valence-corrected chi connectivity index (χ1v) is 6.06. The second kappa shape index (κ2) is 5.65. The number of nitrogens with zero attached hydrogens (tertiary/aromatic N) is 2. The molecule has 0 spiro atoms. The first-order valence-electron chi connectivity index (χ1n) is 6.06. The van der Waals surface area contributed by atoms with Crippen molar-refractivity contribution < 1.29 is 5.11 Å². The average molecular weight is 242 g/mol. The molecule has 0 fully saturated rings. The minimum Gasteiger partial charge on any atom is -0.508 e. The standard InChI is InChI=1S/C15H18N2O/c1-12(15-5-3-4-10-16-15)17(2)11-13-6-8-14(18)9-7-13/h3-10,12,18H,11H2,1-2H3/t12-/m1/s1.